The largest absolute Gasteiger partial charge is 0.391 e. The molecule has 0 aliphatic rings. The maximum absolute atomic E-state index is 5.01. The Bertz CT molecular complexity index is 342. The van der Waals surface area contributed by atoms with Gasteiger partial charge >= 0.3 is 0 Å². The lowest BCUT2D eigenvalue weighted by atomic mass is 10.1. The molecular formula is C12H15NO. The van der Waals surface area contributed by atoms with Gasteiger partial charge in [-0.3, -0.25) is 0 Å². The Balaban J connectivity index is 2.73. The second-order valence-electron chi connectivity index (χ2n) is 3.13. The lowest BCUT2D eigenvalue weighted by Crippen LogP contribution is -1.96. The van der Waals surface area contributed by atoms with Crippen molar-refractivity contribution >= 4 is 5.71 Å². The molecule has 1 aromatic carbocycles. The second kappa shape index (κ2) is 5.22. The first-order valence-electron chi connectivity index (χ1n) is 4.58. The van der Waals surface area contributed by atoms with Gasteiger partial charge in [-0.05, 0) is 19.4 Å². The van der Waals surface area contributed by atoms with Crippen LogP contribution >= 0.6 is 0 Å². The van der Waals surface area contributed by atoms with Gasteiger partial charge in [0.2, 0.25) is 0 Å². The minimum absolute atomic E-state index is 0.448. The third-order valence-corrected chi connectivity index (χ3v) is 1.83. The molecule has 2 nitrogen and oxygen atoms in total. The number of rotatable bonds is 4. The summed E-state index contributed by atoms with van der Waals surface area (Å²) in [4.78, 5) is 5.01. The number of hydrogen-bond acceptors (Lipinski definition) is 2. The van der Waals surface area contributed by atoms with E-state index < -0.39 is 0 Å². The predicted molar refractivity (Wildman–Crippen MR) is 59.5 cm³/mol. The van der Waals surface area contributed by atoms with Crippen molar-refractivity contribution in [1.82, 2.24) is 0 Å². The van der Waals surface area contributed by atoms with Crippen molar-refractivity contribution in [2.24, 2.45) is 5.16 Å². The molecule has 14 heavy (non-hydrogen) atoms. The smallest absolute Gasteiger partial charge is 0.135 e. The Hall–Kier alpha value is -1.57. The highest BCUT2D eigenvalue weighted by molar-refractivity contribution is 5.98. The maximum Gasteiger partial charge on any atom is 0.135 e. The van der Waals surface area contributed by atoms with Crippen LogP contribution in [0.5, 0.6) is 0 Å². The summed E-state index contributed by atoms with van der Waals surface area (Å²) in [5.74, 6) is 0. The van der Waals surface area contributed by atoms with E-state index in [0.717, 1.165) is 11.3 Å². The topological polar surface area (TPSA) is 21.6 Å². The van der Waals surface area contributed by atoms with Crippen LogP contribution in [0.2, 0.25) is 0 Å². The zero-order chi connectivity index (χ0) is 10.4. The molecule has 0 unspecified atom stereocenters. The Labute approximate surface area is 84.9 Å². The number of aryl methyl sites for hydroxylation is 1. The van der Waals surface area contributed by atoms with E-state index in [0.29, 0.717) is 6.61 Å². The summed E-state index contributed by atoms with van der Waals surface area (Å²) in [5, 5.41) is 3.97. The number of nitrogens with zero attached hydrogens (tertiary/aromatic N) is 1. The van der Waals surface area contributed by atoms with Crippen molar-refractivity contribution < 1.29 is 4.84 Å². The maximum atomic E-state index is 5.01. The van der Waals surface area contributed by atoms with Gasteiger partial charge in [0, 0.05) is 0 Å². The molecule has 1 rings (SSSR count). The van der Waals surface area contributed by atoms with Crippen molar-refractivity contribution in [3.8, 4) is 0 Å². The van der Waals surface area contributed by atoms with E-state index >= 15 is 0 Å². The molecule has 0 saturated heterocycles. The first-order valence-corrected chi connectivity index (χ1v) is 4.58. The summed E-state index contributed by atoms with van der Waals surface area (Å²) in [6.07, 6.45) is 1.67. The van der Waals surface area contributed by atoms with Crippen LogP contribution in [0, 0.1) is 6.92 Å². The molecule has 0 fully saturated rings. The van der Waals surface area contributed by atoms with Crippen LogP contribution in [-0.2, 0) is 4.84 Å². The van der Waals surface area contributed by atoms with Gasteiger partial charge in [-0.15, -0.1) is 0 Å². The van der Waals surface area contributed by atoms with E-state index in [1.807, 2.05) is 19.1 Å². The highest BCUT2D eigenvalue weighted by Gasteiger charge is 1.96. The third-order valence-electron chi connectivity index (χ3n) is 1.83. The SMILES string of the molecule is C=CCON=C(C)c1cccc(C)c1. The molecule has 0 atom stereocenters. The zero-order valence-corrected chi connectivity index (χ0v) is 8.66. The van der Waals surface area contributed by atoms with Gasteiger partial charge < -0.3 is 4.84 Å². The summed E-state index contributed by atoms with van der Waals surface area (Å²) in [7, 11) is 0. The molecule has 2 heteroatoms. The molecule has 0 bridgehead atoms. The van der Waals surface area contributed by atoms with Gasteiger partial charge in [0.1, 0.15) is 6.61 Å². The van der Waals surface area contributed by atoms with Crippen LogP contribution in [0.4, 0.5) is 0 Å². The Morgan fingerprint density at radius 2 is 2.36 bits per heavy atom. The molecule has 0 spiro atoms. The lowest BCUT2D eigenvalue weighted by molar-refractivity contribution is 0.175. The summed E-state index contributed by atoms with van der Waals surface area (Å²) in [6.45, 7) is 7.98. The fourth-order valence-electron chi connectivity index (χ4n) is 1.11. The summed E-state index contributed by atoms with van der Waals surface area (Å²) < 4.78 is 0. The molecular weight excluding hydrogens is 174 g/mol. The highest BCUT2D eigenvalue weighted by Crippen LogP contribution is 2.05. The quantitative estimate of drug-likeness (QED) is 0.309. The molecule has 0 amide bonds. The van der Waals surface area contributed by atoms with E-state index in [1.54, 1.807) is 6.08 Å². The summed E-state index contributed by atoms with van der Waals surface area (Å²) in [6, 6.07) is 8.16. The highest BCUT2D eigenvalue weighted by atomic mass is 16.6. The van der Waals surface area contributed by atoms with Crippen LogP contribution in [0.25, 0.3) is 0 Å². The van der Waals surface area contributed by atoms with Crippen molar-refractivity contribution in [2.45, 2.75) is 13.8 Å². The van der Waals surface area contributed by atoms with Crippen LogP contribution in [0.3, 0.4) is 0 Å². The molecule has 0 aliphatic heterocycles. The van der Waals surface area contributed by atoms with E-state index in [9.17, 15) is 0 Å². The number of hydrogen-bond donors (Lipinski definition) is 0. The van der Waals surface area contributed by atoms with Gasteiger partial charge in [-0.1, -0.05) is 47.6 Å². The first kappa shape index (κ1) is 10.5. The minimum Gasteiger partial charge on any atom is -0.391 e. The average Bonchev–Trinajstić information content (AvgIpc) is 2.18. The predicted octanol–water partition coefficient (Wildman–Crippen LogP) is 2.92. The van der Waals surface area contributed by atoms with E-state index in [2.05, 4.69) is 30.8 Å². The third kappa shape index (κ3) is 3.05. The fourth-order valence-corrected chi connectivity index (χ4v) is 1.11. The molecule has 0 heterocycles. The fraction of sp³-hybridized carbons (Fsp3) is 0.250. The van der Waals surface area contributed by atoms with Gasteiger partial charge in [0.05, 0.1) is 5.71 Å². The number of oxime groups is 1. The summed E-state index contributed by atoms with van der Waals surface area (Å²) in [5.41, 5.74) is 3.20. The van der Waals surface area contributed by atoms with Gasteiger partial charge in [-0.25, -0.2) is 0 Å². The normalized spacial score (nSPS) is 11.1. The molecule has 1 aromatic rings. The summed E-state index contributed by atoms with van der Waals surface area (Å²) >= 11 is 0. The monoisotopic (exact) mass is 189 g/mol. The Morgan fingerprint density at radius 1 is 1.57 bits per heavy atom. The zero-order valence-electron chi connectivity index (χ0n) is 8.66. The van der Waals surface area contributed by atoms with E-state index in [4.69, 9.17) is 4.84 Å². The molecule has 74 valence electrons. The minimum atomic E-state index is 0.448. The van der Waals surface area contributed by atoms with Crippen LogP contribution in [0.1, 0.15) is 18.1 Å². The molecule has 0 radical (unpaired) electrons. The molecule has 0 saturated carbocycles. The van der Waals surface area contributed by atoms with Crippen molar-refractivity contribution in [3.05, 3.63) is 48.0 Å². The van der Waals surface area contributed by atoms with Crippen molar-refractivity contribution in [3.63, 3.8) is 0 Å². The van der Waals surface area contributed by atoms with Gasteiger partial charge in [0.25, 0.3) is 0 Å². The Kier molecular flexibility index (Phi) is 3.92. The van der Waals surface area contributed by atoms with Crippen molar-refractivity contribution in [2.75, 3.05) is 6.61 Å². The molecule has 0 aromatic heterocycles. The molecule has 0 N–H and O–H groups in total. The second-order valence-corrected chi connectivity index (χ2v) is 3.13. The van der Waals surface area contributed by atoms with Crippen LogP contribution in [0.15, 0.2) is 42.1 Å². The van der Waals surface area contributed by atoms with Crippen molar-refractivity contribution in [1.29, 1.82) is 0 Å². The average molecular weight is 189 g/mol. The van der Waals surface area contributed by atoms with Crippen LogP contribution in [-0.4, -0.2) is 12.3 Å². The molecule has 0 aliphatic carbocycles. The van der Waals surface area contributed by atoms with Gasteiger partial charge in [-0.2, -0.15) is 0 Å². The van der Waals surface area contributed by atoms with E-state index in [1.165, 1.54) is 5.56 Å². The first-order chi connectivity index (χ1) is 6.74. The standard InChI is InChI=1S/C12H15NO/c1-4-8-14-13-11(3)12-7-5-6-10(2)9-12/h4-7,9H,1,8H2,2-3H3. The Morgan fingerprint density at radius 3 is 3.00 bits per heavy atom. The lowest BCUT2D eigenvalue weighted by Gasteiger charge is -2.01. The van der Waals surface area contributed by atoms with Crippen LogP contribution < -0.4 is 0 Å². The van der Waals surface area contributed by atoms with Gasteiger partial charge in [0.15, 0.2) is 0 Å². The number of benzene rings is 1. The van der Waals surface area contributed by atoms with E-state index in [-0.39, 0.29) is 0 Å².